The van der Waals surface area contributed by atoms with Crippen LogP contribution in [0.25, 0.3) is 0 Å². The van der Waals surface area contributed by atoms with Crippen LogP contribution in [0.5, 0.6) is 0 Å². The number of carbonyl (C=O) groups excluding carboxylic acids is 1. The molecule has 22 heavy (non-hydrogen) atoms. The molecule has 1 aromatic rings. The van der Waals surface area contributed by atoms with Gasteiger partial charge in [-0.3, -0.25) is 9.59 Å². The zero-order valence-corrected chi connectivity index (χ0v) is 13.3. The van der Waals surface area contributed by atoms with Crippen molar-refractivity contribution in [3.8, 4) is 0 Å². The van der Waals surface area contributed by atoms with Gasteiger partial charge in [0.2, 0.25) is 15.9 Å². The molecule has 0 saturated heterocycles. The fourth-order valence-electron chi connectivity index (χ4n) is 1.93. The van der Waals surface area contributed by atoms with Crippen molar-refractivity contribution >= 4 is 21.9 Å². The summed E-state index contributed by atoms with van der Waals surface area (Å²) in [7, 11) is -4.05. The zero-order valence-electron chi connectivity index (χ0n) is 12.5. The number of carboxylic acids is 1. The van der Waals surface area contributed by atoms with E-state index in [4.69, 9.17) is 10.8 Å². The monoisotopic (exact) mass is 328 g/mol. The summed E-state index contributed by atoms with van der Waals surface area (Å²) in [5, 5.41) is 9.10. The Morgan fingerprint density at radius 1 is 1.36 bits per heavy atom. The van der Waals surface area contributed by atoms with Crippen LogP contribution < -0.4 is 10.5 Å². The number of rotatable bonds is 8. The predicted octanol–water partition coefficient (Wildman–Crippen LogP) is 1.02. The first-order valence-electron chi connectivity index (χ1n) is 6.84. The molecule has 7 nitrogen and oxygen atoms in total. The third kappa shape index (κ3) is 4.54. The number of carboxylic acid groups (broad SMARTS) is 1. The molecular formula is C14H20N2O5S. The number of benzene rings is 1. The van der Waals surface area contributed by atoms with Crippen molar-refractivity contribution in [3.05, 3.63) is 29.3 Å². The molecule has 8 heteroatoms. The Morgan fingerprint density at radius 3 is 2.50 bits per heavy atom. The van der Waals surface area contributed by atoms with Gasteiger partial charge in [-0.15, -0.1) is 0 Å². The van der Waals surface area contributed by atoms with Crippen molar-refractivity contribution in [2.24, 2.45) is 5.73 Å². The minimum absolute atomic E-state index is 0.0864. The lowest BCUT2D eigenvalue weighted by atomic mass is 10.1. The molecule has 0 bridgehead atoms. The first-order chi connectivity index (χ1) is 10.2. The van der Waals surface area contributed by atoms with Gasteiger partial charge in [-0.05, 0) is 31.0 Å². The van der Waals surface area contributed by atoms with Gasteiger partial charge in [0, 0.05) is 5.56 Å². The maximum absolute atomic E-state index is 12.3. The lowest BCUT2D eigenvalue weighted by Gasteiger charge is -2.15. The van der Waals surface area contributed by atoms with Crippen molar-refractivity contribution in [1.82, 2.24) is 4.72 Å². The van der Waals surface area contributed by atoms with Crippen LogP contribution in [0.3, 0.4) is 0 Å². The van der Waals surface area contributed by atoms with E-state index in [1.807, 2.05) is 6.92 Å². The van der Waals surface area contributed by atoms with Gasteiger partial charge in [0.05, 0.1) is 4.90 Å². The Kier molecular flexibility index (Phi) is 6.07. The van der Waals surface area contributed by atoms with Crippen LogP contribution in [0.1, 0.15) is 42.1 Å². The summed E-state index contributed by atoms with van der Waals surface area (Å²) in [5.41, 5.74) is 5.83. The second kappa shape index (κ2) is 7.37. The molecular weight excluding hydrogens is 308 g/mol. The second-order valence-electron chi connectivity index (χ2n) is 5.00. The topological polar surface area (TPSA) is 127 Å². The lowest BCUT2D eigenvalue weighted by Crippen LogP contribution is -2.40. The van der Waals surface area contributed by atoms with E-state index in [0.717, 1.165) is 12.5 Å². The van der Waals surface area contributed by atoms with E-state index < -0.39 is 27.9 Å². The molecule has 0 spiro atoms. The Labute approximate surface area is 129 Å². The molecule has 1 amide bonds. The number of aryl methyl sites for hydroxylation is 1. The summed E-state index contributed by atoms with van der Waals surface area (Å²) >= 11 is 0. The molecule has 122 valence electrons. The van der Waals surface area contributed by atoms with E-state index in [0.29, 0.717) is 12.0 Å². The number of amides is 1. The highest BCUT2D eigenvalue weighted by atomic mass is 32.2. The number of hydrogen-bond donors (Lipinski definition) is 3. The summed E-state index contributed by atoms with van der Waals surface area (Å²) in [6, 6.07) is 2.71. The molecule has 4 N–H and O–H groups in total. The van der Waals surface area contributed by atoms with Crippen LogP contribution in [0, 0.1) is 6.92 Å². The zero-order chi connectivity index (χ0) is 16.9. The Bertz CT molecular complexity index is 670. The molecule has 1 atom stereocenters. The van der Waals surface area contributed by atoms with Gasteiger partial charge < -0.3 is 10.8 Å². The lowest BCUT2D eigenvalue weighted by molar-refractivity contribution is -0.139. The van der Waals surface area contributed by atoms with Crippen molar-refractivity contribution in [2.45, 2.75) is 44.0 Å². The van der Waals surface area contributed by atoms with Crippen LogP contribution in [-0.4, -0.2) is 31.4 Å². The van der Waals surface area contributed by atoms with Crippen LogP contribution >= 0.6 is 0 Å². The van der Waals surface area contributed by atoms with Crippen molar-refractivity contribution in [2.75, 3.05) is 0 Å². The smallest absolute Gasteiger partial charge is 0.321 e. The highest BCUT2D eigenvalue weighted by Crippen LogP contribution is 2.16. The minimum atomic E-state index is -4.05. The van der Waals surface area contributed by atoms with Crippen LogP contribution in [0.15, 0.2) is 23.1 Å². The molecule has 0 aliphatic carbocycles. The van der Waals surface area contributed by atoms with Crippen LogP contribution in [-0.2, 0) is 14.8 Å². The Hall–Kier alpha value is -1.93. The first kappa shape index (κ1) is 18.1. The molecule has 0 fully saturated rings. The number of unbranched alkanes of at least 4 members (excludes halogenated alkanes) is 1. The number of nitrogens with one attached hydrogen (secondary N) is 1. The average molecular weight is 328 g/mol. The van der Waals surface area contributed by atoms with Gasteiger partial charge in [0.25, 0.3) is 0 Å². The van der Waals surface area contributed by atoms with E-state index in [2.05, 4.69) is 4.72 Å². The Morgan fingerprint density at radius 2 is 2.00 bits per heavy atom. The summed E-state index contributed by atoms with van der Waals surface area (Å²) in [6.07, 6.45) is 1.53. The van der Waals surface area contributed by atoms with Crippen LogP contribution in [0.4, 0.5) is 0 Å². The number of hydrogen-bond acceptors (Lipinski definition) is 4. The van der Waals surface area contributed by atoms with Crippen LogP contribution in [0.2, 0.25) is 0 Å². The third-order valence-corrected chi connectivity index (χ3v) is 4.70. The summed E-state index contributed by atoms with van der Waals surface area (Å²) in [5.74, 6) is -1.98. The number of sulfonamides is 1. The standard InChI is InChI=1S/C14H20N2O5S/c1-3-4-5-12(14(18)19)16-22(20,21)10-7-6-9(2)11(8-10)13(15)17/h6-8,12,16H,3-5H2,1-2H3,(H2,15,17)(H,18,19)/t12-/m0/s1. The molecule has 0 heterocycles. The predicted molar refractivity (Wildman–Crippen MR) is 81.0 cm³/mol. The third-order valence-electron chi connectivity index (χ3n) is 3.23. The van der Waals surface area contributed by atoms with Crippen molar-refractivity contribution in [1.29, 1.82) is 0 Å². The summed E-state index contributed by atoms with van der Waals surface area (Å²) < 4.78 is 26.7. The van der Waals surface area contributed by atoms with E-state index in [9.17, 15) is 18.0 Å². The van der Waals surface area contributed by atoms with Gasteiger partial charge in [-0.2, -0.15) is 4.72 Å². The fraction of sp³-hybridized carbons (Fsp3) is 0.429. The average Bonchev–Trinajstić information content (AvgIpc) is 2.43. The largest absolute Gasteiger partial charge is 0.480 e. The van der Waals surface area contributed by atoms with Gasteiger partial charge in [0.1, 0.15) is 6.04 Å². The molecule has 1 aromatic carbocycles. The van der Waals surface area contributed by atoms with Gasteiger partial charge in [-0.1, -0.05) is 25.8 Å². The van der Waals surface area contributed by atoms with Gasteiger partial charge in [0.15, 0.2) is 0 Å². The molecule has 1 rings (SSSR count). The first-order valence-corrected chi connectivity index (χ1v) is 8.33. The van der Waals surface area contributed by atoms with Gasteiger partial charge in [-0.25, -0.2) is 8.42 Å². The normalized spacial score (nSPS) is 12.8. The fourth-order valence-corrected chi connectivity index (χ4v) is 3.18. The maximum atomic E-state index is 12.3. The second-order valence-corrected chi connectivity index (χ2v) is 6.71. The molecule has 0 unspecified atom stereocenters. The maximum Gasteiger partial charge on any atom is 0.321 e. The Balaban J connectivity index is 3.10. The number of nitrogens with two attached hydrogens (primary N) is 1. The summed E-state index contributed by atoms with van der Waals surface area (Å²) in [4.78, 5) is 22.2. The van der Waals surface area contributed by atoms with Crippen molar-refractivity contribution in [3.63, 3.8) is 0 Å². The van der Waals surface area contributed by atoms with E-state index in [-0.39, 0.29) is 16.9 Å². The molecule has 0 radical (unpaired) electrons. The van der Waals surface area contributed by atoms with Gasteiger partial charge >= 0.3 is 5.97 Å². The molecule has 0 aliphatic heterocycles. The molecule has 0 aliphatic rings. The molecule has 0 aromatic heterocycles. The highest BCUT2D eigenvalue weighted by Gasteiger charge is 2.25. The SMILES string of the molecule is CCCC[C@H](NS(=O)(=O)c1ccc(C)c(C(N)=O)c1)C(=O)O. The number of carbonyl (C=O) groups is 2. The molecule has 0 saturated carbocycles. The number of primary amides is 1. The van der Waals surface area contributed by atoms with E-state index in [1.165, 1.54) is 12.1 Å². The number of aliphatic carboxylic acids is 1. The highest BCUT2D eigenvalue weighted by molar-refractivity contribution is 7.89. The summed E-state index contributed by atoms with van der Waals surface area (Å²) in [6.45, 7) is 3.51. The van der Waals surface area contributed by atoms with E-state index >= 15 is 0 Å². The minimum Gasteiger partial charge on any atom is -0.480 e. The van der Waals surface area contributed by atoms with Crippen molar-refractivity contribution < 1.29 is 23.1 Å². The van der Waals surface area contributed by atoms with E-state index in [1.54, 1.807) is 6.92 Å². The quantitative estimate of drug-likeness (QED) is 0.656.